The molecule has 39 heteroatoms. The largest absolute Gasteiger partial charge is 0.514 e. The van der Waals surface area contributed by atoms with Crippen molar-refractivity contribution in [1.29, 1.82) is 0 Å². The van der Waals surface area contributed by atoms with Crippen molar-refractivity contribution in [2.75, 3.05) is 77.1 Å². The van der Waals surface area contributed by atoms with Crippen LogP contribution in [0.1, 0.15) is 97.5 Å². The van der Waals surface area contributed by atoms with Gasteiger partial charge in [-0.1, -0.05) is 105 Å². The van der Waals surface area contributed by atoms with Crippen LogP contribution in [0.2, 0.25) is 0 Å². The van der Waals surface area contributed by atoms with Crippen molar-refractivity contribution in [3.05, 3.63) is 127 Å². The van der Waals surface area contributed by atoms with Gasteiger partial charge in [-0.3, -0.25) is 52.1 Å². The minimum absolute atomic E-state index is 0.0361. The topological polar surface area (TPSA) is 524 Å². The first kappa shape index (κ1) is 95.6. The van der Waals surface area contributed by atoms with Gasteiger partial charge < -0.3 is 110 Å². The van der Waals surface area contributed by atoms with Crippen molar-refractivity contribution in [1.82, 2.24) is 56.4 Å². The molecule has 4 saturated heterocycles. The lowest BCUT2D eigenvalue weighted by Crippen LogP contribution is -2.64. The fourth-order valence-electron chi connectivity index (χ4n) is 14.6. The van der Waals surface area contributed by atoms with Crippen LogP contribution in [0.5, 0.6) is 11.5 Å². The molecule has 5 heterocycles. The van der Waals surface area contributed by atoms with Gasteiger partial charge in [-0.05, 0) is 115 Å². The molecule has 120 heavy (non-hydrogen) atoms. The van der Waals surface area contributed by atoms with E-state index in [9.17, 15) is 88.1 Å². The number of amides is 8. The molecule has 4 aliphatic rings. The molecule has 37 nitrogen and oxygen atoms in total. The lowest BCUT2D eigenvalue weighted by atomic mass is 9.98. The number of β-amino-alcohol motifs (C(OH)–C–C–N with tert-alkyl or cyclic N) is 1. The Morgan fingerprint density at radius 2 is 1.23 bits per heavy atom. The van der Waals surface area contributed by atoms with Crippen LogP contribution in [-0.4, -0.2) is 313 Å². The van der Waals surface area contributed by atoms with Crippen LogP contribution in [0, 0.1) is 5.92 Å². The first-order valence-corrected chi connectivity index (χ1v) is 41.7. The highest BCUT2D eigenvalue weighted by atomic mass is 32.3. The molecule has 0 aliphatic carbocycles. The molecule has 8 amide bonds. The molecule has 658 valence electrons. The molecule has 4 aromatic carbocycles. The predicted molar refractivity (Wildman–Crippen MR) is 442 cm³/mol. The standard InChI is InChI=1S/C73H93N11O25S2.C8H19N/c1-7-25-105-72(100)82(49(36-85)37-86)24-23-54(90)60-71(99)84-32-38(3)62(92)61(84)67(97)74-31-50(88)29-52(75-63(93)45-12-16-47(17-13-45)69-80-79-68(110-69)46-14-10-43(11-15-46)44-18-20-48(21-19-44)81-33-39(4)107-40(5)34-81)64(94)76-58(41(6)87)70(98)83-35-51(89)30-53(83)65(95)77-59(66(96)78-60)55(91)27-42-9-22-56(108-73(101)106-26-8-2)57(28-42)109-111(102,103)104;1-6-9(7(2)3)8(4)5/h7-22,28,38-41,49-55,58-62,85-92,102-104H,1-2,23-27,29-37H2,3-6H3,(H,74,97)(H,75,93)(H,76,94)(H,77,95)(H,78,96);7-8H,6H2,1-5H3/t38-,39-,40+,41+,50+,51+,52-,53-,54+,55+,58-,59-,60-,61-,62-;/m0./s1. The second-order valence-corrected chi connectivity index (χ2v) is 32.5. The van der Waals surface area contributed by atoms with E-state index in [0.717, 1.165) is 81.8 Å². The van der Waals surface area contributed by atoms with Crippen LogP contribution in [-0.2, 0) is 49.4 Å². The number of aliphatic hydroxyl groups is 8. The number of nitrogens with zero attached hydrogens (tertiary/aromatic N) is 7. The number of carbonyl (C=O) groups excluding carboxylic acids is 9. The number of carbonyl (C=O) groups is 9. The summed E-state index contributed by atoms with van der Waals surface area (Å²) in [6, 6.07) is 12.7. The fourth-order valence-corrected chi connectivity index (χ4v) is 15.9. The Morgan fingerprint density at radius 1 is 0.667 bits per heavy atom. The van der Waals surface area contributed by atoms with Gasteiger partial charge in [-0.25, -0.2) is 9.59 Å². The van der Waals surface area contributed by atoms with Crippen molar-refractivity contribution in [3.8, 4) is 43.8 Å². The summed E-state index contributed by atoms with van der Waals surface area (Å²) in [5.74, 6) is -11.1. The van der Waals surface area contributed by atoms with E-state index in [1.54, 1.807) is 12.1 Å². The van der Waals surface area contributed by atoms with Gasteiger partial charge in [0.15, 0.2) is 11.5 Å². The lowest BCUT2D eigenvalue weighted by molar-refractivity contribution is -0.147. The van der Waals surface area contributed by atoms with Crippen molar-refractivity contribution in [2.45, 2.75) is 191 Å². The summed E-state index contributed by atoms with van der Waals surface area (Å²) in [7, 11) is 0. The number of hydrogen-bond acceptors (Lipinski definition) is 30. The van der Waals surface area contributed by atoms with E-state index in [1.807, 2.05) is 24.3 Å². The van der Waals surface area contributed by atoms with Crippen LogP contribution in [0.3, 0.4) is 0 Å². The van der Waals surface area contributed by atoms with E-state index < -0.39 is 226 Å². The van der Waals surface area contributed by atoms with Crippen molar-refractivity contribution >= 4 is 81.8 Å². The van der Waals surface area contributed by atoms with Gasteiger partial charge in [0.2, 0.25) is 35.4 Å². The summed E-state index contributed by atoms with van der Waals surface area (Å²) in [6.07, 6.45) is -14.3. The molecule has 15 atom stereocenters. The second kappa shape index (κ2) is 44.1. The van der Waals surface area contributed by atoms with Gasteiger partial charge in [0.05, 0.1) is 68.1 Å². The zero-order valence-corrected chi connectivity index (χ0v) is 69.9. The molecule has 5 aromatic rings. The first-order valence-electron chi connectivity index (χ1n) is 39.4. The van der Waals surface area contributed by atoms with E-state index in [1.165, 1.54) is 42.5 Å². The maximum absolute atomic E-state index is 15.4. The summed E-state index contributed by atoms with van der Waals surface area (Å²) in [4.78, 5) is 137. The first-order chi connectivity index (χ1) is 56.9. The second-order valence-electron chi connectivity index (χ2n) is 30.4. The molecular formula is C81H112N12O25S2. The number of morpholine rings is 1. The summed E-state index contributed by atoms with van der Waals surface area (Å²) in [6.45, 7) is 22.3. The number of ether oxygens (including phenoxy) is 4. The molecule has 0 radical (unpaired) electrons. The van der Waals surface area contributed by atoms with Gasteiger partial charge in [0.25, 0.3) is 17.1 Å². The molecule has 0 bridgehead atoms. The number of nitrogens with one attached hydrogen (secondary N) is 5. The molecule has 0 unspecified atom stereocenters. The number of aromatic nitrogens is 2. The zero-order valence-electron chi connectivity index (χ0n) is 68.3. The number of anilines is 1. The third kappa shape index (κ3) is 25.9. The molecule has 4 aliphatic heterocycles. The maximum atomic E-state index is 15.4. The molecule has 16 N–H and O–H groups in total. The maximum Gasteiger partial charge on any atom is 0.514 e. The van der Waals surface area contributed by atoms with Crippen molar-refractivity contribution < 1.29 is 121 Å². The highest BCUT2D eigenvalue weighted by Crippen LogP contribution is 2.42. The monoisotopic (exact) mass is 1720 g/mol. The Bertz CT molecular complexity index is 4290. The summed E-state index contributed by atoms with van der Waals surface area (Å²) < 4.78 is 55.6. The van der Waals surface area contributed by atoms with Crippen LogP contribution in [0.15, 0.2) is 116 Å². The van der Waals surface area contributed by atoms with E-state index in [-0.39, 0.29) is 36.5 Å². The molecular weight excluding hydrogens is 1610 g/mol. The number of fused-ring (bicyclic) bond motifs is 2. The van der Waals surface area contributed by atoms with Gasteiger partial charge in [-0.2, -0.15) is 0 Å². The SMILES string of the molecule is C=CCOC(=O)Oc1ccc(C[C@@H](O)[C@@H]2NC(=O)[C@@H]3C[C@@H](O)CN3C(=O)[C@H]([C@@H](C)O)NC(=O)[C@@H](NC(=O)c3ccc(-c4nnc(-c5ccc(-c6ccc(N7C[C@@H](C)O[C@@H](C)C7)cc6)cc5)s4)cc3)C[C@@H](O)CNC(=O)[C@@H]3[C@@H](O)[C@@H](C)CN3C(=O)[C@H]([C@H](O)CCN(C(=O)OCC=C)C(CO)CO)NC2=O)cc1OS(O)(O)O.CCN(C(C)C)C(C)C. The lowest BCUT2D eigenvalue weighted by Gasteiger charge is -2.36. The minimum atomic E-state index is -4.93. The van der Waals surface area contributed by atoms with E-state index in [2.05, 4.69) is 132 Å². The highest BCUT2D eigenvalue weighted by molar-refractivity contribution is 8.15. The third-order valence-corrected chi connectivity index (χ3v) is 22.1. The molecule has 4 fully saturated rings. The van der Waals surface area contributed by atoms with Crippen LogP contribution in [0.4, 0.5) is 15.3 Å². The number of aliphatic hydroxyl groups excluding tert-OH is 8. The van der Waals surface area contributed by atoms with Gasteiger partial charge in [-0.15, -0.1) is 10.2 Å². The Balaban J connectivity index is 0.00000188. The van der Waals surface area contributed by atoms with E-state index in [4.69, 9.17) is 23.1 Å². The number of hydrogen-bond donors (Lipinski definition) is 16. The van der Waals surface area contributed by atoms with Gasteiger partial charge in [0, 0.05) is 98.9 Å². The van der Waals surface area contributed by atoms with Crippen LogP contribution >= 0.6 is 22.5 Å². The van der Waals surface area contributed by atoms with E-state index >= 15 is 9.59 Å². The van der Waals surface area contributed by atoms with Crippen LogP contribution < -0.4 is 40.4 Å². The Hall–Kier alpha value is -9.82. The normalized spacial score (nSPS) is 23.8. The van der Waals surface area contributed by atoms with Crippen LogP contribution in [0.25, 0.3) is 32.3 Å². The average Bonchev–Trinajstić information content (AvgIpc) is 1.66. The number of benzene rings is 4. The highest BCUT2D eigenvalue weighted by Gasteiger charge is 2.50. The molecule has 0 saturated carbocycles. The molecule has 9 rings (SSSR count). The third-order valence-electron chi connectivity index (χ3n) is 20.6. The quantitative estimate of drug-likeness (QED) is 0.0204. The predicted octanol–water partition coefficient (Wildman–Crippen LogP) is 2.81. The Morgan fingerprint density at radius 3 is 1.78 bits per heavy atom. The smallest absolute Gasteiger partial charge is 0.445 e. The van der Waals surface area contributed by atoms with Gasteiger partial charge >= 0.3 is 12.2 Å². The molecule has 0 spiro atoms. The Labute approximate surface area is 701 Å². The minimum Gasteiger partial charge on any atom is -0.445 e. The summed E-state index contributed by atoms with van der Waals surface area (Å²) in [5, 5.41) is 113. The van der Waals surface area contributed by atoms with Crippen molar-refractivity contribution in [3.63, 3.8) is 0 Å². The van der Waals surface area contributed by atoms with Crippen molar-refractivity contribution in [2.24, 2.45) is 5.92 Å². The number of rotatable bonds is 27. The molecule has 1 aromatic heterocycles. The fraction of sp³-hybridized carbons (Fsp3) is 0.519. The van der Waals surface area contributed by atoms with E-state index in [0.29, 0.717) is 27.7 Å². The summed E-state index contributed by atoms with van der Waals surface area (Å²) in [5.41, 5.74) is 4.25. The zero-order chi connectivity index (χ0) is 88.1. The Kier molecular flexibility index (Phi) is 35.2. The summed E-state index contributed by atoms with van der Waals surface area (Å²) >= 11 is -3.65. The average molecular weight is 1720 g/mol. The van der Waals surface area contributed by atoms with Gasteiger partial charge in [0.1, 0.15) is 59.5 Å².